The molecule has 1 amide bonds. The van der Waals surface area contributed by atoms with Gasteiger partial charge in [-0.3, -0.25) is 9.78 Å². The van der Waals surface area contributed by atoms with Crippen molar-refractivity contribution in [2.75, 3.05) is 6.54 Å². The van der Waals surface area contributed by atoms with Gasteiger partial charge >= 0.3 is 0 Å². The highest BCUT2D eigenvalue weighted by molar-refractivity contribution is 6.05. The Balaban J connectivity index is 2.31. The van der Waals surface area contributed by atoms with Crippen molar-refractivity contribution in [2.45, 2.75) is 19.8 Å². The minimum atomic E-state index is -0.0836. The van der Waals surface area contributed by atoms with E-state index in [0.717, 1.165) is 12.0 Å². The van der Waals surface area contributed by atoms with Crippen LogP contribution in [0.15, 0.2) is 29.0 Å². The van der Waals surface area contributed by atoms with E-state index in [9.17, 15) is 4.79 Å². The lowest BCUT2D eigenvalue weighted by Crippen LogP contribution is -2.27. The van der Waals surface area contributed by atoms with E-state index in [2.05, 4.69) is 15.3 Å². The van der Waals surface area contributed by atoms with Crippen LogP contribution in [0.2, 0.25) is 0 Å². The predicted octanol–water partition coefficient (Wildman–Crippen LogP) is 1.38. The summed E-state index contributed by atoms with van der Waals surface area (Å²) in [6, 6.07) is 1.82. The van der Waals surface area contributed by atoms with Gasteiger partial charge in [-0.1, -0.05) is 6.92 Å². The van der Waals surface area contributed by atoms with Crippen molar-refractivity contribution < 1.29 is 4.79 Å². The largest absolute Gasteiger partial charge is 0.387 e. The first-order chi connectivity index (χ1) is 8.70. The van der Waals surface area contributed by atoms with Crippen LogP contribution in [0.5, 0.6) is 0 Å². The number of carbonyl (C=O) groups excluding carboxylic acids is 1. The standard InChI is InChI=1S/C13H16N4O/c1-2-4-16-13(18)10-6-9-3-5-15-8-11(9)17-12(14)7-10/h3,5-6,8H,2,4,7H2,1H3,(H2,14,17)(H,16,18). The molecule has 2 rings (SSSR count). The zero-order valence-corrected chi connectivity index (χ0v) is 10.3. The van der Waals surface area contributed by atoms with Crippen molar-refractivity contribution >= 4 is 23.5 Å². The summed E-state index contributed by atoms with van der Waals surface area (Å²) in [6.07, 6.45) is 6.41. The Kier molecular flexibility index (Phi) is 3.72. The average Bonchev–Trinajstić information content (AvgIpc) is 2.53. The van der Waals surface area contributed by atoms with Crippen LogP contribution in [0.4, 0.5) is 5.69 Å². The van der Waals surface area contributed by atoms with Crippen LogP contribution in [0, 0.1) is 0 Å². The van der Waals surface area contributed by atoms with Gasteiger partial charge in [0, 0.05) is 30.3 Å². The summed E-state index contributed by atoms with van der Waals surface area (Å²) in [5.41, 5.74) is 8.01. The first-order valence-electron chi connectivity index (χ1n) is 5.96. The lowest BCUT2D eigenvalue weighted by molar-refractivity contribution is -0.117. The lowest BCUT2D eigenvalue weighted by Gasteiger charge is -2.06. The second-order valence-corrected chi connectivity index (χ2v) is 4.14. The van der Waals surface area contributed by atoms with Gasteiger partial charge in [-0.2, -0.15) is 0 Å². The number of rotatable bonds is 3. The van der Waals surface area contributed by atoms with Gasteiger partial charge in [0.25, 0.3) is 0 Å². The molecule has 0 saturated carbocycles. The molecule has 5 nitrogen and oxygen atoms in total. The number of nitrogens with two attached hydrogens (primary N) is 1. The molecular weight excluding hydrogens is 228 g/mol. The fourth-order valence-corrected chi connectivity index (χ4v) is 1.74. The summed E-state index contributed by atoms with van der Waals surface area (Å²) < 4.78 is 0. The summed E-state index contributed by atoms with van der Waals surface area (Å²) >= 11 is 0. The fraction of sp³-hybridized carbons (Fsp3) is 0.308. The molecule has 0 aromatic carbocycles. The number of nitrogens with zero attached hydrogens (tertiary/aromatic N) is 2. The molecule has 5 heteroatoms. The Hall–Kier alpha value is -2.17. The highest BCUT2D eigenvalue weighted by Gasteiger charge is 2.15. The van der Waals surface area contributed by atoms with E-state index in [0.29, 0.717) is 30.1 Å². The molecule has 18 heavy (non-hydrogen) atoms. The summed E-state index contributed by atoms with van der Waals surface area (Å²) in [5.74, 6) is 0.347. The van der Waals surface area contributed by atoms with Crippen LogP contribution in [0.3, 0.4) is 0 Å². The Labute approximate surface area is 106 Å². The van der Waals surface area contributed by atoms with Crippen LogP contribution in [0.25, 0.3) is 6.08 Å². The summed E-state index contributed by atoms with van der Waals surface area (Å²) in [5, 5.41) is 2.85. The minimum Gasteiger partial charge on any atom is -0.387 e. The molecule has 0 bridgehead atoms. The first kappa shape index (κ1) is 12.3. The third-order valence-electron chi connectivity index (χ3n) is 2.63. The van der Waals surface area contributed by atoms with Crippen molar-refractivity contribution in [1.82, 2.24) is 10.3 Å². The van der Waals surface area contributed by atoms with Gasteiger partial charge in [0.05, 0.1) is 11.9 Å². The molecule has 0 unspecified atom stereocenters. The maximum atomic E-state index is 12.0. The monoisotopic (exact) mass is 244 g/mol. The Morgan fingerprint density at radius 3 is 3.17 bits per heavy atom. The first-order valence-corrected chi connectivity index (χ1v) is 5.96. The smallest absolute Gasteiger partial charge is 0.247 e. The van der Waals surface area contributed by atoms with Crippen molar-refractivity contribution in [2.24, 2.45) is 10.7 Å². The van der Waals surface area contributed by atoms with Crippen molar-refractivity contribution in [3.63, 3.8) is 0 Å². The summed E-state index contributed by atoms with van der Waals surface area (Å²) in [7, 11) is 0. The molecule has 0 radical (unpaired) electrons. The number of amides is 1. The molecule has 3 N–H and O–H groups in total. The molecule has 0 saturated heterocycles. The highest BCUT2D eigenvalue weighted by atomic mass is 16.1. The second-order valence-electron chi connectivity index (χ2n) is 4.14. The van der Waals surface area contributed by atoms with Crippen molar-refractivity contribution in [3.8, 4) is 0 Å². The molecule has 94 valence electrons. The zero-order valence-electron chi connectivity index (χ0n) is 10.3. The maximum absolute atomic E-state index is 12.0. The van der Waals surface area contributed by atoms with Gasteiger partial charge in [0.15, 0.2) is 0 Å². The Morgan fingerprint density at radius 2 is 2.39 bits per heavy atom. The number of hydrogen-bond acceptors (Lipinski definition) is 4. The third-order valence-corrected chi connectivity index (χ3v) is 2.63. The van der Waals surface area contributed by atoms with Crippen LogP contribution in [-0.2, 0) is 4.79 Å². The van der Waals surface area contributed by atoms with Gasteiger partial charge < -0.3 is 11.1 Å². The van der Waals surface area contributed by atoms with Gasteiger partial charge in [-0.25, -0.2) is 4.99 Å². The van der Waals surface area contributed by atoms with Gasteiger partial charge in [-0.15, -0.1) is 0 Å². The van der Waals surface area contributed by atoms with Gasteiger partial charge in [0.2, 0.25) is 5.91 Å². The highest BCUT2D eigenvalue weighted by Crippen LogP contribution is 2.24. The maximum Gasteiger partial charge on any atom is 0.247 e. The lowest BCUT2D eigenvalue weighted by atomic mass is 10.1. The van der Waals surface area contributed by atoms with Crippen LogP contribution >= 0.6 is 0 Å². The van der Waals surface area contributed by atoms with E-state index in [4.69, 9.17) is 5.73 Å². The third kappa shape index (κ3) is 2.74. The van der Waals surface area contributed by atoms with Gasteiger partial charge in [0.1, 0.15) is 5.84 Å². The van der Waals surface area contributed by atoms with Gasteiger partial charge in [-0.05, 0) is 18.6 Å². The molecule has 1 aromatic rings. The SMILES string of the molecule is CCCNC(=O)C1=Cc2ccncc2N=C(N)C1. The molecule has 0 fully saturated rings. The number of aromatic nitrogens is 1. The van der Waals surface area contributed by atoms with E-state index in [1.54, 1.807) is 12.4 Å². The fourth-order valence-electron chi connectivity index (χ4n) is 1.74. The van der Waals surface area contributed by atoms with Crippen LogP contribution < -0.4 is 11.1 Å². The molecule has 1 aromatic heterocycles. The molecule has 0 spiro atoms. The quantitative estimate of drug-likeness (QED) is 0.843. The normalized spacial score (nSPS) is 14.1. The number of pyridine rings is 1. The van der Waals surface area contributed by atoms with E-state index >= 15 is 0 Å². The number of nitrogens with one attached hydrogen (secondary N) is 1. The molecule has 2 heterocycles. The van der Waals surface area contributed by atoms with E-state index < -0.39 is 0 Å². The zero-order chi connectivity index (χ0) is 13.0. The minimum absolute atomic E-state index is 0.0836. The number of hydrogen-bond donors (Lipinski definition) is 2. The number of amidine groups is 1. The Bertz CT molecular complexity index is 519. The van der Waals surface area contributed by atoms with E-state index in [1.807, 2.05) is 19.1 Å². The summed E-state index contributed by atoms with van der Waals surface area (Å²) in [4.78, 5) is 20.2. The second kappa shape index (κ2) is 5.44. The van der Waals surface area contributed by atoms with Crippen molar-refractivity contribution in [3.05, 3.63) is 29.6 Å². The molecular formula is C13H16N4O. The molecule has 0 atom stereocenters. The Morgan fingerprint density at radius 1 is 1.56 bits per heavy atom. The summed E-state index contributed by atoms with van der Waals surface area (Å²) in [6.45, 7) is 2.68. The molecule has 1 aliphatic rings. The topological polar surface area (TPSA) is 80.4 Å². The molecule has 0 aliphatic carbocycles. The van der Waals surface area contributed by atoms with E-state index in [-0.39, 0.29) is 5.91 Å². The van der Waals surface area contributed by atoms with Crippen molar-refractivity contribution in [1.29, 1.82) is 0 Å². The van der Waals surface area contributed by atoms with Crippen LogP contribution in [0.1, 0.15) is 25.3 Å². The van der Waals surface area contributed by atoms with Crippen LogP contribution in [-0.4, -0.2) is 23.3 Å². The number of aliphatic imine (C=N–C) groups is 1. The molecule has 1 aliphatic heterocycles. The number of fused-ring (bicyclic) bond motifs is 1. The number of carbonyl (C=O) groups is 1. The van der Waals surface area contributed by atoms with E-state index in [1.165, 1.54) is 0 Å². The predicted molar refractivity (Wildman–Crippen MR) is 71.4 cm³/mol. The average molecular weight is 244 g/mol.